The molecule has 0 aromatic carbocycles. The molecule has 23 heavy (non-hydrogen) atoms. The number of rotatable bonds is 0. The Hall–Kier alpha value is -2.94. The summed E-state index contributed by atoms with van der Waals surface area (Å²) < 4.78 is 1.51. The maximum absolute atomic E-state index is 12.6. The molecule has 6 nitrogen and oxygen atoms in total. The van der Waals surface area contributed by atoms with E-state index in [0.717, 1.165) is 28.9 Å². The lowest BCUT2D eigenvalue weighted by molar-refractivity contribution is 0.142. The molecule has 0 spiro atoms. The Labute approximate surface area is 132 Å². The summed E-state index contributed by atoms with van der Waals surface area (Å²) in [6.07, 6.45) is 7.37. The maximum Gasteiger partial charge on any atom is 0.345 e. The van der Waals surface area contributed by atoms with E-state index in [0.29, 0.717) is 19.5 Å². The molecule has 0 N–H and O–H groups in total. The fourth-order valence-corrected chi connectivity index (χ4v) is 3.69. The highest BCUT2D eigenvalue weighted by Gasteiger charge is 2.35. The van der Waals surface area contributed by atoms with Gasteiger partial charge in [0.1, 0.15) is 0 Å². The zero-order valence-electron chi connectivity index (χ0n) is 12.4. The Morgan fingerprint density at radius 3 is 3.04 bits per heavy atom. The van der Waals surface area contributed by atoms with Crippen LogP contribution >= 0.6 is 0 Å². The van der Waals surface area contributed by atoms with Gasteiger partial charge in [0.15, 0.2) is 0 Å². The summed E-state index contributed by atoms with van der Waals surface area (Å²) in [5, 5.41) is 13.2. The van der Waals surface area contributed by atoms with Gasteiger partial charge >= 0.3 is 6.03 Å². The van der Waals surface area contributed by atoms with Crippen molar-refractivity contribution in [3.8, 4) is 17.2 Å². The van der Waals surface area contributed by atoms with E-state index in [1.165, 1.54) is 15.8 Å². The number of likely N-dealkylation sites (tertiary alicyclic amines) is 1. The first-order chi connectivity index (χ1) is 11.3. The van der Waals surface area contributed by atoms with Crippen molar-refractivity contribution in [1.29, 1.82) is 5.26 Å². The normalized spacial score (nSPS) is 17.9. The minimum absolute atomic E-state index is 0.0442. The number of allylic oxidation sites excluding steroid dienone is 2. The molecule has 3 aliphatic rings. The van der Waals surface area contributed by atoms with E-state index in [4.69, 9.17) is 5.26 Å². The molecule has 1 fully saturated rings. The van der Waals surface area contributed by atoms with Crippen molar-refractivity contribution in [1.82, 2.24) is 19.7 Å². The molecule has 1 aliphatic heterocycles. The van der Waals surface area contributed by atoms with Crippen LogP contribution in [0.25, 0.3) is 16.7 Å². The van der Waals surface area contributed by atoms with Gasteiger partial charge in [-0.3, -0.25) is 4.98 Å². The van der Waals surface area contributed by atoms with Crippen LogP contribution in [0.1, 0.15) is 17.0 Å². The molecule has 2 aromatic heterocycles. The Bertz CT molecular complexity index is 927. The number of hydrogen-bond donors (Lipinski definition) is 0. The zero-order valence-corrected chi connectivity index (χ0v) is 12.4. The van der Waals surface area contributed by atoms with Crippen LogP contribution in [-0.2, 0) is 12.8 Å². The van der Waals surface area contributed by atoms with E-state index in [1.807, 2.05) is 12.3 Å². The third-order valence-electron chi connectivity index (χ3n) is 4.93. The summed E-state index contributed by atoms with van der Waals surface area (Å²) >= 11 is 0. The number of carbonyl (C=O) groups is 1. The summed E-state index contributed by atoms with van der Waals surface area (Å²) in [4.78, 5) is 18.8. The fourth-order valence-electron chi connectivity index (χ4n) is 3.69. The van der Waals surface area contributed by atoms with Crippen LogP contribution in [0.5, 0.6) is 0 Å². The molecular formula is C17H13N5O. The second-order valence-corrected chi connectivity index (χ2v) is 6.22. The van der Waals surface area contributed by atoms with E-state index in [1.54, 1.807) is 11.1 Å². The number of aromatic nitrogens is 3. The highest BCUT2D eigenvalue weighted by atomic mass is 16.2. The largest absolute Gasteiger partial charge is 0.345 e. The Kier molecular flexibility index (Phi) is 2.35. The Morgan fingerprint density at radius 2 is 2.22 bits per heavy atom. The summed E-state index contributed by atoms with van der Waals surface area (Å²) in [6, 6.07) is 4.06. The molecule has 0 saturated carbocycles. The van der Waals surface area contributed by atoms with Gasteiger partial charge in [0, 0.05) is 43.3 Å². The summed E-state index contributed by atoms with van der Waals surface area (Å²) in [7, 11) is 0. The highest BCUT2D eigenvalue weighted by molar-refractivity contribution is 5.92. The first-order valence-corrected chi connectivity index (χ1v) is 7.69. The minimum atomic E-state index is -0.130. The van der Waals surface area contributed by atoms with Crippen molar-refractivity contribution < 1.29 is 4.79 Å². The number of amides is 1. The molecule has 2 aromatic rings. The van der Waals surface area contributed by atoms with Crippen LogP contribution in [-0.4, -0.2) is 38.8 Å². The third kappa shape index (κ3) is 1.59. The fraction of sp³-hybridized carbons (Fsp3) is 0.294. The lowest BCUT2D eigenvalue weighted by Gasteiger charge is -2.35. The SMILES string of the molecule is N#CC1CN(C(=O)n2ncc3c2CC2=CCc4nccc-3c42)C1. The standard InChI is InChI=1S/C17H13N5O/c18-6-10-8-21(9-10)17(23)22-15-5-11-1-2-14-16(11)12(3-4-19-14)13(15)7-20-22/h1,3-4,7,10H,2,5,8-9H2. The predicted molar refractivity (Wildman–Crippen MR) is 82.3 cm³/mol. The number of nitriles is 1. The van der Waals surface area contributed by atoms with E-state index >= 15 is 0 Å². The van der Waals surface area contributed by atoms with Crippen LogP contribution in [0.4, 0.5) is 4.79 Å². The summed E-state index contributed by atoms with van der Waals surface area (Å²) in [5.41, 5.74) is 6.66. The Morgan fingerprint density at radius 1 is 1.35 bits per heavy atom. The molecule has 2 aliphatic carbocycles. The first kappa shape index (κ1) is 12.6. The topological polar surface area (TPSA) is 74.8 Å². The number of hydrogen-bond acceptors (Lipinski definition) is 4. The number of nitrogens with zero attached hydrogens (tertiary/aromatic N) is 5. The summed E-state index contributed by atoms with van der Waals surface area (Å²) in [5.74, 6) is -0.0442. The lowest BCUT2D eigenvalue weighted by Crippen LogP contribution is -2.51. The van der Waals surface area contributed by atoms with Crippen molar-refractivity contribution in [3.63, 3.8) is 0 Å². The average molecular weight is 303 g/mol. The van der Waals surface area contributed by atoms with Crippen LogP contribution in [0.15, 0.2) is 24.5 Å². The van der Waals surface area contributed by atoms with Crippen molar-refractivity contribution in [3.05, 3.63) is 41.5 Å². The van der Waals surface area contributed by atoms with Gasteiger partial charge in [0.2, 0.25) is 0 Å². The van der Waals surface area contributed by atoms with E-state index < -0.39 is 0 Å². The molecule has 0 unspecified atom stereocenters. The minimum Gasteiger partial charge on any atom is -0.320 e. The quantitative estimate of drug-likeness (QED) is 0.744. The van der Waals surface area contributed by atoms with Crippen molar-refractivity contribution in [2.75, 3.05) is 13.1 Å². The van der Waals surface area contributed by atoms with Crippen LogP contribution in [0, 0.1) is 17.2 Å². The lowest BCUT2D eigenvalue weighted by atomic mass is 9.88. The van der Waals surface area contributed by atoms with Crippen molar-refractivity contribution in [2.24, 2.45) is 5.92 Å². The van der Waals surface area contributed by atoms with Gasteiger partial charge in [-0.2, -0.15) is 15.0 Å². The number of fused-ring (bicyclic) bond motifs is 2. The Balaban J connectivity index is 1.57. The van der Waals surface area contributed by atoms with Gasteiger partial charge in [-0.05, 0) is 17.2 Å². The molecule has 5 rings (SSSR count). The van der Waals surface area contributed by atoms with Gasteiger partial charge in [-0.25, -0.2) is 4.79 Å². The molecule has 0 radical (unpaired) electrons. The van der Waals surface area contributed by atoms with E-state index in [9.17, 15) is 4.79 Å². The average Bonchev–Trinajstić information content (AvgIpc) is 3.12. The molecular weight excluding hydrogens is 290 g/mol. The number of carbonyl (C=O) groups excluding carboxylic acids is 1. The van der Waals surface area contributed by atoms with Gasteiger partial charge in [0.05, 0.1) is 29.6 Å². The second-order valence-electron chi connectivity index (χ2n) is 6.22. The monoisotopic (exact) mass is 303 g/mol. The van der Waals surface area contributed by atoms with Gasteiger partial charge in [0.25, 0.3) is 0 Å². The molecule has 0 bridgehead atoms. The van der Waals surface area contributed by atoms with E-state index in [-0.39, 0.29) is 11.9 Å². The van der Waals surface area contributed by atoms with Crippen molar-refractivity contribution in [2.45, 2.75) is 12.8 Å². The van der Waals surface area contributed by atoms with Gasteiger partial charge in [-0.15, -0.1) is 0 Å². The van der Waals surface area contributed by atoms with Gasteiger partial charge in [-0.1, -0.05) is 6.08 Å². The molecule has 0 atom stereocenters. The maximum atomic E-state index is 12.6. The third-order valence-corrected chi connectivity index (χ3v) is 4.93. The van der Waals surface area contributed by atoms with Crippen LogP contribution in [0.2, 0.25) is 0 Å². The smallest absolute Gasteiger partial charge is 0.320 e. The predicted octanol–water partition coefficient (Wildman–Crippen LogP) is 1.86. The molecule has 1 amide bonds. The zero-order chi connectivity index (χ0) is 15.6. The molecule has 112 valence electrons. The van der Waals surface area contributed by atoms with Gasteiger partial charge < -0.3 is 4.90 Å². The number of pyridine rings is 1. The second kappa shape index (κ2) is 4.29. The first-order valence-electron chi connectivity index (χ1n) is 7.69. The molecule has 1 saturated heterocycles. The molecule has 6 heteroatoms. The highest BCUT2D eigenvalue weighted by Crippen LogP contribution is 2.43. The van der Waals surface area contributed by atoms with Crippen molar-refractivity contribution >= 4 is 11.6 Å². The van der Waals surface area contributed by atoms with E-state index in [2.05, 4.69) is 22.2 Å². The van der Waals surface area contributed by atoms with Crippen LogP contribution < -0.4 is 0 Å². The summed E-state index contributed by atoms with van der Waals surface area (Å²) in [6.45, 7) is 0.995. The molecule has 3 heterocycles. The van der Waals surface area contributed by atoms with Crippen LogP contribution in [0.3, 0.4) is 0 Å².